The number of aliphatic hydroxyl groups is 1. The number of fused-ring (bicyclic) bond motifs is 1. The first kappa shape index (κ1) is 18.4. The molecule has 0 amide bonds. The van der Waals surface area contributed by atoms with Crippen molar-refractivity contribution >= 4 is 23.4 Å². The maximum atomic E-state index is 12.3. The van der Waals surface area contributed by atoms with E-state index in [-0.39, 0.29) is 18.8 Å². The van der Waals surface area contributed by atoms with Gasteiger partial charge in [0, 0.05) is 18.0 Å². The summed E-state index contributed by atoms with van der Waals surface area (Å²) in [6, 6.07) is 9.93. The minimum absolute atomic E-state index is 0.0521. The van der Waals surface area contributed by atoms with Gasteiger partial charge in [0.2, 0.25) is 0 Å². The molecule has 1 N–H and O–H groups in total. The predicted molar refractivity (Wildman–Crippen MR) is 94.5 cm³/mol. The Morgan fingerprint density at radius 3 is 2.83 bits per heavy atom. The highest BCUT2D eigenvalue weighted by Gasteiger charge is 2.30. The van der Waals surface area contributed by atoms with Gasteiger partial charge < -0.3 is 14.7 Å². The number of para-hydroxylation sites is 1. The molecular formula is C18H22N2O3S. The van der Waals surface area contributed by atoms with Gasteiger partial charge in [-0.05, 0) is 31.4 Å². The van der Waals surface area contributed by atoms with Crippen molar-refractivity contribution in [1.29, 1.82) is 5.26 Å². The molecule has 0 spiro atoms. The Bertz CT molecular complexity index is 652. The molecule has 2 rings (SSSR count). The third-order valence-electron chi connectivity index (χ3n) is 3.66. The van der Waals surface area contributed by atoms with Crippen LogP contribution >= 0.6 is 11.8 Å². The third-order valence-corrected chi connectivity index (χ3v) is 4.84. The Morgan fingerprint density at radius 2 is 2.12 bits per heavy atom. The molecule has 0 saturated heterocycles. The van der Waals surface area contributed by atoms with Gasteiger partial charge in [-0.1, -0.05) is 37.2 Å². The van der Waals surface area contributed by atoms with E-state index in [1.807, 2.05) is 35.2 Å². The number of ether oxygens (including phenoxy) is 1. The van der Waals surface area contributed by atoms with Crippen molar-refractivity contribution < 1.29 is 14.6 Å². The summed E-state index contributed by atoms with van der Waals surface area (Å²) in [7, 11) is 0. The number of hydrogen-bond acceptors (Lipinski definition) is 6. The first-order chi connectivity index (χ1) is 11.7. The third kappa shape index (κ3) is 4.31. The van der Waals surface area contributed by atoms with E-state index in [2.05, 4.69) is 6.92 Å². The number of carbonyl (C=O) groups is 1. The van der Waals surface area contributed by atoms with Gasteiger partial charge in [0.1, 0.15) is 11.1 Å². The molecule has 0 aromatic heterocycles. The van der Waals surface area contributed by atoms with Crippen LogP contribution in [0.3, 0.4) is 0 Å². The van der Waals surface area contributed by atoms with Gasteiger partial charge in [0.15, 0.2) is 5.57 Å². The van der Waals surface area contributed by atoms with Crippen LogP contribution in [0, 0.1) is 11.3 Å². The summed E-state index contributed by atoms with van der Waals surface area (Å²) in [6.45, 7) is 3.15. The zero-order valence-electron chi connectivity index (χ0n) is 13.8. The van der Waals surface area contributed by atoms with Crippen molar-refractivity contribution in [3.05, 3.63) is 34.9 Å². The summed E-state index contributed by atoms with van der Waals surface area (Å²) in [5, 5.41) is 18.9. The van der Waals surface area contributed by atoms with Crippen LogP contribution in [0.1, 0.15) is 32.6 Å². The first-order valence-electron chi connectivity index (χ1n) is 8.19. The molecule has 6 heteroatoms. The van der Waals surface area contributed by atoms with Crippen LogP contribution in [-0.4, -0.2) is 30.8 Å². The lowest BCUT2D eigenvalue weighted by Gasteiger charge is -2.20. The van der Waals surface area contributed by atoms with E-state index >= 15 is 0 Å². The Labute approximate surface area is 146 Å². The van der Waals surface area contributed by atoms with Crippen molar-refractivity contribution in [2.45, 2.75) is 37.5 Å². The van der Waals surface area contributed by atoms with Crippen LogP contribution in [0.25, 0.3) is 0 Å². The summed E-state index contributed by atoms with van der Waals surface area (Å²) >= 11 is 1.44. The van der Waals surface area contributed by atoms with Gasteiger partial charge in [0.05, 0.1) is 12.3 Å². The minimum Gasteiger partial charge on any atom is -0.462 e. The molecule has 5 nitrogen and oxygen atoms in total. The van der Waals surface area contributed by atoms with Crippen LogP contribution in [0.5, 0.6) is 0 Å². The van der Waals surface area contributed by atoms with Crippen molar-refractivity contribution in [3.8, 4) is 6.07 Å². The molecule has 0 bridgehead atoms. The molecule has 0 aliphatic carbocycles. The van der Waals surface area contributed by atoms with Crippen LogP contribution in [0.4, 0.5) is 5.69 Å². The van der Waals surface area contributed by atoms with E-state index in [1.54, 1.807) is 0 Å². The topological polar surface area (TPSA) is 73.6 Å². The monoisotopic (exact) mass is 346 g/mol. The van der Waals surface area contributed by atoms with Gasteiger partial charge in [-0.15, -0.1) is 0 Å². The second-order valence-electron chi connectivity index (χ2n) is 5.43. The number of nitrogens with zero attached hydrogens (tertiary/aromatic N) is 2. The fraction of sp³-hybridized carbons (Fsp3) is 0.444. The molecule has 0 radical (unpaired) electrons. The van der Waals surface area contributed by atoms with Gasteiger partial charge in [-0.25, -0.2) is 4.79 Å². The number of nitriles is 1. The van der Waals surface area contributed by atoms with Crippen molar-refractivity contribution in [2.75, 3.05) is 24.7 Å². The van der Waals surface area contributed by atoms with Crippen molar-refractivity contribution in [1.82, 2.24) is 0 Å². The number of thioether (sulfide) groups is 1. The first-order valence-corrected chi connectivity index (χ1v) is 9.01. The number of anilines is 1. The van der Waals surface area contributed by atoms with Crippen LogP contribution in [0.15, 0.2) is 39.8 Å². The Morgan fingerprint density at radius 1 is 1.33 bits per heavy atom. The van der Waals surface area contributed by atoms with Crippen molar-refractivity contribution in [2.24, 2.45) is 0 Å². The largest absolute Gasteiger partial charge is 0.462 e. The number of unbranched alkanes of at least 4 members (excludes halogenated alkanes) is 2. The van der Waals surface area contributed by atoms with E-state index < -0.39 is 5.97 Å². The van der Waals surface area contributed by atoms with E-state index in [9.17, 15) is 10.1 Å². The molecule has 0 fully saturated rings. The Kier molecular flexibility index (Phi) is 7.16. The molecule has 1 aliphatic rings. The maximum Gasteiger partial charge on any atom is 0.351 e. The highest BCUT2D eigenvalue weighted by Crippen LogP contribution is 2.47. The maximum absolute atomic E-state index is 12.3. The lowest BCUT2D eigenvalue weighted by molar-refractivity contribution is -0.138. The number of carbonyl (C=O) groups excluding carboxylic acids is 1. The number of rotatable bonds is 8. The fourth-order valence-corrected chi connectivity index (χ4v) is 3.56. The smallest absolute Gasteiger partial charge is 0.351 e. The summed E-state index contributed by atoms with van der Waals surface area (Å²) in [5.74, 6) is -0.591. The molecule has 1 aromatic carbocycles. The van der Waals surface area contributed by atoms with E-state index in [0.717, 1.165) is 30.0 Å². The number of hydrogen-bond donors (Lipinski definition) is 1. The summed E-state index contributed by atoms with van der Waals surface area (Å²) in [4.78, 5) is 15.4. The highest BCUT2D eigenvalue weighted by atomic mass is 32.2. The summed E-state index contributed by atoms with van der Waals surface area (Å²) in [5.41, 5.74) is 1.09. The van der Waals surface area contributed by atoms with Crippen LogP contribution in [0.2, 0.25) is 0 Å². The zero-order valence-corrected chi connectivity index (χ0v) is 14.6. The summed E-state index contributed by atoms with van der Waals surface area (Å²) < 4.78 is 5.19. The zero-order chi connectivity index (χ0) is 17.4. The quantitative estimate of drug-likeness (QED) is 0.336. The van der Waals surface area contributed by atoms with E-state index in [1.165, 1.54) is 11.8 Å². The SMILES string of the molecule is CCCCN1C(=C(C#N)C(=O)OCCCCO)Sc2ccccc21. The molecule has 128 valence electrons. The molecule has 0 saturated carbocycles. The molecular weight excluding hydrogens is 324 g/mol. The molecule has 1 aromatic rings. The van der Waals surface area contributed by atoms with Gasteiger partial charge in [0.25, 0.3) is 0 Å². The molecule has 1 aliphatic heterocycles. The Balaban J connectivity index is 2.23. The highest BCUT2D eigenvalue weighted by molar-refractivity contribution is 8.03. The van der Waals surface area contributed by atoms with Crippen LogP contribution in [-0.2, 0) is 9.53 Å². The molecule has 0 atom stereocenters. The molecule has 0 unspecified atom stereocenters. The molecule has 24 heavy (non-hydrogen) atoms. The number of esters is 1. The average molecular weight is 346 g/mol. The van der Waals surface area contributed by atoms with Gasteiger partial charge in [-0.3, -0.25) is 0 Å². The number of aliphatic hydroxyl groups excluding tert-OH is 1. The predicted octanol–water partition coefficient (Wildman–Crippen LogP) is 3.45. The Hall–Kier alpha value is -1.97. The van der Waals surface area contributed by atoms with Crippen LogP contribution < -0.4 is 4.90 Å². The second-order valence-corrected chi connectivity index (χ2v) is 6.46. The number of benzene rings is 1. The standard InChI is InChI=1S/C18H22N2O3S/c1-2-3-10-20-15-8-4-5-9-16(15)24-17(20)14(13-19)18(22)23-12-7-6-11-21/h4-5,8-9,21H,2-3,6-7,10-12H2,1H3. The van der Waals surface area contributed by atoms with E-state index in [4.69, 9.17) is 9.84 Å². The minimum atomic E-state index is -0.591. The van der Waals surface area contributed by atoms with Gasteiger partial charge >= 0.3 is 5.97 Å². The average Bonchev–Trinajstić information content (AvgIpc) is 2.96. The van der Waals surface area contributed by atoms with E-state index in [0.29, 0.717) is 17.9 Å². The van der Waals surface area contributed by atoms with Crippen molar-refractivity contribution in [3.63, 3.8) is 0 Å². The fourth-order valence-electron chi connectivity index (χ4n) is 2.39. The lowest BCUT2D eigenvalue weighted by Crippen LogP contribution is -2.22. The second kappa shape index (κ2) is 9.36. The summed E-state index contributed by atoms with van der Waals surface area (Å²) in [6.07, 6.45) is 3.17. The normalized spacial score (nSPS) is 15.0. The molecule has 1 heterocycles. The lowest BCUT2D eigenvalue weighted by atomic mass is 10.2. The van der Waals surface area contributed by atoms with Gasteiger partial charge in [-0.2, -0.15) is 5.26 Å².